The molecule has 0 radical (unpaired) electrons. The van der Waals surface area contributed by atoms with Crippen LogP contribution in [0.3, 0.4) is 0 Å². The van der Waals surface area contributed by atoms with Crippen molar-refractivity contribution in [1.29, 1.82) is 0 Å². The molecule has 4 heteroatoms. The van der Waals surface area contributed by atoms with Gasteiger partial charge in [-0.15, -0.1) is 0 Å². The summed E-state index contributed by atoms with van der Waals surface area (Å²) in [5, 5.41) is 0.643. The Morgan fingerprint density at radius 1 is 1.00 bits per heavy atom. The van der Waals surface area contributed by atoms with Gasteiger partial charge < -0.3 is 4.98 Å². The van der Waals surface area contributed by atoms with E-state index < -0.39 is 0 Å². The molecule has 3 aromatic rings. The van der Waals surface area contributed by atoms with E-state index in [0.29, 0.717) is 17.1 Å². The molecule has 24 heavy (non-hydrogen) atoms. The van der Waals surface area contributed by atoms with Crippen LogP contribution in [0.15, 0.2) is 64.5 Å². The van der Waals surface area contributed by atoms with Crippen LogP contribution in [0, 0.1) is 0 Å². The standard InChI is InChI=1S/C20H20N2OS/c1-3-14-9-11-15(12-10-14)13-17-18(16-7-5-4-6-8-16)21-20(24-2)22-19(17)23/h4-12H,3,13H2,1-2H3,(H,21,22,23). The van der Waals surface area contributed by atoms with Crippen molar-refractivity contribution in [3.63, 3.8) is 0 Å². The van der Waals surface area contributed by atoms with Gasteiger partial charge in [-0.2, -0.15) is 0 Å². The molecule has 3 rings (SSSR count). The molecule has 3 nitrogen and oxygen atoms in total. The smallest absolute Gasteiger partial charge is 0.255 e. The number of rotatable bonds is 5. The number of hydrogen-bond acceptors (Lipinski definition) is 3. The number of aromatic nitrogens is 2. The van der Waals surface area contributed by atoms with Crippen molar-refractivity contribution in [2.45, 2.75) is 24.9 Å². The molecule has 0 atom stereocenters. The average Bonchev–Trinajstić information content (AvgIpc) is 2.64. The lowest BCUT2D eigenvalue weighted by molar-refractivity contribution is 0.909. The van der Waals surface area contributed by atoms with Crippen LogP contribution in [0.1, 0.15) is 23.6 Å². The Balaban J connectivity index is 2.07. The van der Waals surface area contributed by atoms with Crippen molar-refractivity contribution >= 4 is 11.8 Å². The summed E-state index contributed by atoms with van der Waals surface area (Å²) in [5.41, 5.74) is 4.80. The van der Waals surface area contributed by atoms with E-state index in [2.05, 4.69) is 41.2 Å². The average molecular weight is 336 g/mol. The number of hydrogen-bond donors (Lipinski definition) is 1. The Morgan fingerprint density at radius 3 is 2.29 bits per heavy atom. The summed E-state index contributed by atoms with van der Waals surface area (Å²) in [5.74, 6) is 0. The highest BCUT2D eigenvalue weighted by Crippen LogP contribution is 2.23. The fraction of sp³-hybridized carbons (Fsp3) is 0.200. The number of aryl methyl sites for hydroxylation is 1. The van der Waals surface area contributed by atoms with Gasteiger partial charge in [-0.3, -0.25) is 4.79 Å². The van der Waals surface area contributed by atoms with Gasteiger partial charge in [0, 0.05) is 17.5 Å². The van der Waals surface area contributed by atoms with E-state index in [1.165, 1.54) is 17.3 Å². The summed E-state index contributed by atoms with van der Waals surface area (Å²) < 4.78 is 0. The van der Waals surface area contributed by atoms with E-state index in [-0.39, 0.29) is 5.56 Å². The number of benzene rings is 2. The molecule has 0 aliphatic rings. The van der Waals surface area contributed by atoms with Gasteiger partial charge in [0.25, 0.3) is 5.56 Å². The van der Waals surface area contributed by atoms with Gasteiger partial charge in [-0.05, 0) is 23.8 Å². The number of nitrogens with zero attached hydrogens (tertiary/aromatic N) is 1. The van der Waals surface area contributed by atoms with Gasteiger partial charge >= 0.3 is 0 Å². The third-order valence-corrected chi connectivity index (χ3v) is 4.63. The van der Waals surface area contributed by atoms with Crippen LogP contribution in [0.2, 0.25) is 0 Å². The highest BCUT2D eigenvalue weighted by Gasteiger charge is 2.14. The first kappa shape index (κ1) is 16.5. The molecule has 0 saturated carbocycles. The first-order valence-corrected chi connectivity index (χ1v) is 9.24. The largest absolute Gasteiger partial charge is 0.301 e. The van der Waals surface area contributed by atoms with E-state index in [1.807, 2.05) is 36.6 Å². The topological polar surface area (TPSA) is 45.8 Å². The maximum atomic E-state index is 12.6. The van der Waals surface area contributed by atoms with Crippen molar-refractivity contribution < 1.29 is 0 Å². The van der Waals surface area contributed by atoms with Gasteiger partial charge in [0.1, 0.15) is 0 Å². The second-order valence-corrected chi connectivity index (χ2v) is 6.41. The van der Waals surface area contributed by atoms with Crippen LogP contribution in [-0.4, -0.2) is 16.2 Å². The Hall–Kier alpha value is -2.33. The molecule has 0 fully saturated rings. The van der Waals surface area contributed by atoms with Crippen molar-refractivity contribution in [3.8, 4) is 11.3 Å². The van der Waals surface area contributed by atoms with Crippen molar-refractivity contribution in [2.75, 3.05) is 6.26 Å². The zero-order valence-electron chi connectivity index (χ0n) is 13.9. The summed E-state index contributed by atoms with van der Waals surface area (Å²) in [4.78, 5) is 20.1. The second kappa shape index (κ2) is 7.49. The predicted octanol–water partition coefficient (Wildman–Crippen LogP) is 4.31. The first-order valence-electron chi connectivity index (χ1n) is 8.01. The highest BCUT2D eigenvalue weighted by molar-refractivity contribution is 7.98. The summed E-state index contributed by atoms with van der Waals surface area (Å²) in [6.07, 6.45) is 3.50. The molecule has 0 bridgehead atoms. The zero-order valence-corrected chi connectivity index (χ0v) is 14.7. The quantitative estimate of drug-likeness (QED) is 0.558. The zero-order chi connectivity index (χ0) is 16.9. The number of H-pyrrole nitrogens is 1. The number of aromatic amines is 1. The lowest BCUT2D eigenvalue weighted by atomic mass is 9.99. The van der Waals surface area contributed by atoms with E-state index in [1.54, 1.807) is 0 Å². The van der Waals surface area contributed by atoms with Crippen LogP contribution in [0.5, 0.6) is 0 Å². The van der Waals surface area contributed by atoms with Gasteiger partial charge in [-0.1, -0.05) is 73.3 Å². The third kappa shape index (κ3) is 3.60. The number of nitrogens with one attached hydrogen (secondary N) is 1. The summed E-state index contributed by atoms with van der Waals surface area (Å²) in [6.45, 7) is 2.14. The molecule has 1 N–H and O–H groups in total. The SMILES string of the molecule is CCc1ccc(Cc2c(-c3ccccc3)nc(SC)[nH]c2=O)cc1. The first-order chi connectivity index (χ1) is 11.7. The Morgan fingerprint density at radius 2 is 1.67 bits per heavy atom. The fourth-order valence-corrected chi connectivity index (χ4v) is 3.05. The Labute approximate surface area is 146 Å². The maximum absolute atomic E-state index is 12.6. The van der Waals surface area contributed by atoms with Gasteiger partial charge in [0.05, 0.1) is 5.69 Å². The number of thioether (sulfide) groups is 1. The molecular weight excluding hydrogens is 316 g/mol. The Bertz CT molecular complexity index is 870. The van der Waals surface area contributed by atoms with Gasteiger partial charge in [-0.25, -0.2) is 4.98 Å². The molecule has 2 aromatic carbocycles. The van der Waals surface area contributed by atoms with Crippen LogP contribution < -0.4 is 5.56 Å². The van der Waals surface area contributed by atoms with Crippen LogP contribution >= 0.6 is 11.8 Å². The lowest BCUT2D eigenvalue weighted by Crippen LogP contribution is -2.17. The maximum Gasteiger partial charge on any atom is 0.255 e. The van der Waals surface area contributed by atoms with E-state index >= 15 is 0 Å². The monoisotopic (exact) mass is 336 g/mol. The Kier molecular flexibility index (Phi) is 5.16. The normalized spacial score (nSPS) is 10.8. The summed E-state index contributed by atoms with van der Waals surface area (Å²) in [6, 6.07) is 18.3. The molecule has 0 spiro atoms. The molecule has 0 unspecified atom stereocenters. The summed E-state index contributed by atoms with van der Waals surface area (Å²) >= 11 is 1.45. The summed E-state index contributed by atoms with van der Waals surface area (Å²) in [7, 11) is 0. The van der Waals surface area contributed by atoms with Crippen molar-refractivity contribution in [3.05, 3.63) is 81.6 Å². The molecule has 0 amide bonds. The molecule has 122 valence electrons. The van der Waals surface area contributed by atoms with E-state index in [4.69, 9.17) is 0 Å². The van der Waals surface area contributed by atoms with Crippen LogP contribution in [0.25, 0.3) is 11.3 Å². The van der Waals surface area contributed by atoms with Gasteiger partial charge in [0.15, 0.2) is 5.16 Å². The van der Waals surface area contributed by atoms with Crippen molar-refractivity contribution in [2.24, 2.45) is 0 Å². The van der Waals surface area contributed by atoms with Crippen LogP contribution in [-0.2, 0) is 12.8 Å². The minimum atomic E-state index is -0.0622. The lowest BCUT2D eigenvalue weighted by Gasteiger charge is -2.10. The minimum absolute atomic E-state index is 0.0622. The van der Waals surface area contributed by atoms with Crippen molar-refractivity contribution in [1.82, 2.24) is 9.97 Å². The van der Waals surface area contributed by atoms with E-state index in [0.717, 1.165) is 23.2 Å². The second-order valence-electron chi connectivity index (χ2n) is 5.62. The fourth-order valence-electron chi connectivity index (χ4n) is 2.67. The molecule has 1 heterocycles. The third-order valence-electron chi connectivity index (χ3n) is 4.05. The molecule has 0 aliphatic carbocycles. The van der Waals surface area contributed by atoms with Gasteiger partial charge in [0.2, 0.25) is 0 Å². The predicted molar refractivity (Wildman–Crippen MR) is 101 cm³/mol. The molecule has 0 saturated heterocycles. The van der Waals surface area contributed by atoms with E-state index in [9.17, 15) is 4.79 Å². The molecule has 1 aromatic heterocycles. The van der Waals surface area contributed by atoms with Crippen LogP contribution in [0.4, 0.5) is 0 Å². The minimum Gasteiger partial charge on any atom is -0.301 e. The molecular formula is C20H20N2OS. The highest BCUT2D eigenvalue weighted by atomic mass is 32.2. The molecule has 0 aliphatic heterocycles.